The second kappa shape index (κ2) is 10.3. The third kappa shape index (κ3) is 4.78. The average molecular weight is 471 g/mol. The van der Waals surface area contributed by atoms with E-state index in [4.69, 9.17) is 17.0 Å². The largest absolute Gasteiger partial charge is 0.355 e. The van der Waals surface area contributed by atoms with Gasteiger partial charge in [0.15, 0.2) is 0 Å². The molecule has 0 saturated carbocycles. The lowest BCUT2D eigenvalue weighted by atomic mass is 9.95. The Kier molecular flexibility index (Phi) is 7.18. The Bertz CT molecular complexity index is 1230. The highest BCUT2D eigenvalue weighted by atomic mass is 35.5. The van der Waals surface area contributed by atoms with E-state index in [0.717, 1.165) is 46.8 Å². The highest BCUT2D eigenvalue weighted by Gasteiger charge is 2.37. The second-order valence-corrected chi connectivity index (χ2v) is 9.03. The molecule has 0 bridgehead atoms. The molecule has 0 fully saturated rings. The molecular weight excluding hydrogens is 440 g/mol. The number of aryl methyl sites for hydroxylation is 2. The van der Waals surface area contributed by atoms with Crippen molar-refractivity contribution < 1.29 is 0 Å². The van der Waals surface area contributed by atoms with Gasteiger partial charge in [-0.15, -0.1) is 0 Å². The second-order valence-electron chi connectivity index (χ2n) is 8.59. The van der Waals surface area contributed by atoms with Crippen LogP contribution in [0.15, 0.2) is 90.4 Å². The lowest BCUT2D eigenvalue weighted by molar-refractivity contribution is 0.309. The average Bonchev–Trinajstić information content (AvgIpc) is 3.12. The van der Waals surface area contributed by atoms with Crippen molar-refractivity contribution in [1.29, 1.82) is 5.41 Å². The van der Waals surface area contributed by atoms with E-state index in [-0.39, 0.29) is 6.04 Å². The first-order chi connectivity index (χ1) is 16.4. The highest BCUT2D eigenvalue weighted by Crippen LogP contribution is 2.44. The summed E-state index contributed by atoms with van der Waals surface area (Å²) in [6.07, 6.45) is 3.64. The van der Waals surface area contributed by atoms with Gasteiger partial charge in [-0.2, -0.15) is 0 Å². The fourth-order valence-electron chi connectivity index (χ4n) is 4.50. The van der Waals surface area contributed by atoms with Crippen molar-refractivity contribution >= 4 is 23.0 Å². The number of pyridine rings is 1. The van der Waals surface area contributed by atoms with Crippen LogP contribution in [0.25, 0.3) is 0 Å². The third-order valence-corrected chi connectivity index (χ3v) is 6.60. The lowest BCUT2D eigenvalue weighted by Crippen LogP contribution is -2.25. The van der Waals surface area contributed by atoms with E-state index in [9.17, 15) is 0 Å². The molecule has 4 rings (SSSR count). The van der Waals surface area contributed by atoms with Gasteiger partial charge in [0, 0.05) is 29.0 Å². The molecule has 1 aromatic heterocycles. The fourth-order valence-corrected chi connectivity index (χ4v) is 4.63. The summed E-state index contributed by atoms with van der Waals surface area (Å²) < 4.78 is 0. The molecule has 0 amide bonds. The molecule has 2 aromatic carbocycles. The molecule has 5 heteroatoms. The van der Waals surface area contributed by atoms with Crippen LogP contribution < -0.4 is 5.32 Å². The Balaban J connectivity index is 1.80. The molecule has 1 aliphatic rings. The van der Waals surface area contributed by atoms with Crippen LogP contribution in [-0.4, -0.2) is 15.6 Å². The minimum atomic E-state index is -0.141. The maximum Gasteiger partial charge on any atom is 0.0838 e. The number of rotatable bonds is 8. The zero-order valence-electron chi connectivity index (χ0n) is 20.0. The van der Waals surface area contributed by atoms with Crippen LogP contribution in [0, 0.1) is 5.41 Å². The Labute approximate surface area is 207 Å². The molecule has 1 aliphatic heterocycles. The van der Waals surface area contributed by atoms with Crippen molar-refractivity contribution in [3.8, 4) is 0 Å². The van der Waals surface area contributed by atoms with Crippen molar-refractivity contribution in [3.63, 3.8) is 0 Å². The molecule has 0 saturated heterocycles. The zero-order chi connectivity index (χ0) is 24.2. The normalized spacial score (nSPS) is 15.7. The van der Waals surface area contributed by atoms with Crippen molar-refractivity contribution in [1.82, 2.24) is 9.88 Å². The van der Waals surface area contributed by atoms with Crippen LogP contribution in [0.1, 0.15) is 49.2 Å². The van der Waals surface area contributed by atoms with Crippen LogP contribution in [0.4, 0.5) is 5.69 Å². The zero-order valence-corrected chi connectivity index (χ0v) is 20.8. The van der Waals surface area contributed by atoms with Gasteiger partial charge < -0.3 is 15.6 Å². The minimum Gasteiger partial charge on any atom is -0.355 e. The van der Waals surface area contributed by atoms with Gasteiger partial charge in [0.1, 0.15) is 0 Å². The van der Waals surface area contributed by atoms with Crippen LogP contribution in [0.5, 0.6) is 0 Å². The van der Waals surface area contributed by atoms with Gasteiger partial charge in [-0.25, -0.2) is 0 Å². The molecule has 0 aliphatic carbocycles. The standard InChI is InChI=1S/C29H31ClN4/c1-5-21-9-11-22(12-10-21)18-34-20(4)28(33-26-8-7-17-32-25(26)6-2)27(19(3)31)29(34)23-13-15-24(30)16-14-23/h7-17,29,31,33H,4-6,18H2,1-3H3. The summed E-state index contributed by atoms with van der Waals surface area (Å²) >= 11 is 6.21. The van der Waals surface area contributed by atoms with Gasteiger partial charge in [-0.3, -0.25) is 4.98 Å². The molecule has 2 heterocycles. The van der Waals surface area contributed by atoms with Gasteiger partial charge >= 0.3 is 0 Å². The van der Waals surface area contributed by atoms with E-state index in [1.54, 1.807) is 0 Å². The van der Waals surface area contributed by atoms with Crippen molar-refractivity contribution in [2.75, 3.05) is 5.32 Å². The molecular formula is C29H31ClN4. The van der Waals surface area contributed by atoms with Gasteiger partial charge in [-0.1, -0.05) is 68.4 Å². The summed E-state index contributed by atoms with van der Waals surface area (Å²) in [5.74, 6) is 0. The summed E-state index contributed by atoms with van der Waals surface area (Å²) in [5, 5.41) is 13.0. The predicted molar refractivity (Wildman–Crippen MR) is 142 cm³/mol. The van der Waals surface area contributed by atoms with Crippen LogP contribution in [0.2, 0.25) is 5.02 Å². The quantitative estimate of drug-likeness (QED) is 0.338. The molecule has 0 spiro atoms. The Morgan fingerprint density at radius 1 is 1.03 bits per heavy atom. The summed E-state index contributed by atoms with van der Waals surface area (Å²) in [4.78, 5) is 6.81. The van der Waals surface area contributed by atoms with Gasteiger partial charge in [0.05, 0.1) is 28.8 Å². The molecule has 1 atom stereocenters. The molecule has 34 heavy (non-hydrogen) atoms. The van der Waals surface area contributed by atoms with E-state index < -0.39 is 0 Å². The molecule has 4 nitrogen and oxygen atoms in total. The van der Waals surface area contributed by atoms with Crippen LogP contribution in [0.3, 0.4) is 0 Å². The van der Waals surface area contributed by atoms with E-state index in [2.05, 4.69) is 59.9 Å². The van der Waals surface area contributed by atoms with Gasteiger partial charge in [-0.05, 0) is 60.7 Å². The number of benzene rings is 2. The maximum atomic E-state index is 8.71. The molecule has 3 aromatic rings. The minimum absolute atomic E-state index is 0.141. The SMILES string of the molecule is C=C1C(Nc2cccnc2CC)=C(C(C)=N)C(c2ccc(Cl)cc2)N1Cc1ccc(CC)cc1. The number of nitrogens with one attached hydrogen (secondary N) is 2. The number of anilines is 1. The summed E-state index contributed by atoms with van der Waals surface area (Å²) in [7, 11) is 0. The topological polar surface area (TPSA) is 52.0 Å². The third-order valence-electron chi connectivity index (χ3n) is 6.35. The maximum absolute atomic E-state index is 8.71. The van der Waals surface area contributed by atoms with Crippen molar-refractivity contribution in [2.24, 2.45) is 0 Å². The van der Waals surface area contributed by atoms with E-state index >= 15 is 0 Å². The van der Waals surface area contributed by atoms with E-state index in [1.165, 1.54) is 11.1 Å². The Morgan fingerprint density at radius 3 is 2.32 bits per heavy atom. The number of halogens is 1. The first-order valence-electron chi connectivity index (χ1n) is 11.7. The number of hydrogen-bond acceptors (Lipinski definition) is 4. The highest BCUT2D eigenvalue weighted by molar-refractivity contribution is 6.30. The monoisotopic (exact) mass is 470 g/mol. The number of hydrogen-bond donors (Lipinski definition) is 2. The molecule has 1 unspecified atom stereocenters. The lowest BCUT2D eigenvalue weighted by Gasteiger charge is -2.30. The number of aromatic nitrogens is 1. The molecule has 174 valence electrons. The van der Waals surface area contributed by atoms with E-state index in [1.807, 2.05) is 49.5 Å². The predicted octanol–water partition coefficient (Wildman–Crippen LogP) is 7.34. The fraction of sp³-hybridized carbons (Fsp3) is 0.241. The van der Waals surface area contributed by atoms with Crippen LogP contribution >= 0.6 is 11.6 Å². The summed E-state index contributed by atoms with van der Waals surface area (Å²) in [6, 6.07) is 20.5. The summed E-state index contributed by atoms with van der Waals surface area (Å²) in [6.45, 7) is 11.3. The van der Waals surface area contributed by atoms with Crippen LogP contribution in [-0.2, 0) is 19.4 Å². The first-order valence-corrected chi connectivity index (χ1v) is 12.1. The number of nitrogens with zero attached hydrogens (tertiary/aromatic N) is 2. The van der Waals surface area contributed by atoms with Gasteiger partial charge in [0.25, 0.3) is 0 Å². The van der Waals surface area contributed by atoms with Crippen molar-refractivity contribution in [3.05, 3.63) is 118 Å². The Morgan fingerprint density at radius 2 is 1.71 bits per heavy atom. The Hall–Kier alpha value is -3.37. The van der Waals surface area contributed by atoms with Gasteiger partial charge in [0.2, 0.25) is 0 Å². The molecule has 2 N–H and O–H groups in total. The summed E-state index contributed by atoms with van der Waals surface area (Å²) in [5.41, 5.74) is 8.71. The first kappa shape index (κ1) is 23.8. The van der Waals surface area contributed by atoms with Crippen molar-refractivity contribution in [2.45, 2.75) is 46.2 Å². The van der Waals surface area contributed by atoms with E-state index in [0.29, 0.717) is 17.3 Å². The smallest absolute Gasteiger partial charge is 0.0838 e. The molecule has 0 radical (unpaired) electrons.